The van der Waals surface area contributed by atoms with E-state index >= 15 is 0 Å². The van der Waals surface area contributed by atoms with Gasteiger partial charge in [-0.2, -0.15) is 10.2 Å². The van der Waals surface area contributed by atoms with Gasteiger partial charge < -0.3 is 20.5 Å². The summed E-state index contributed by atoms with van der Waals surface area (Å²) in [6.07, 6.45) is 1.13. The number of aliphatic hydroxyl groups is 1. The van der Waals surface area contributed by atoms with Gasteiger partial charge in [0.25, 0.3) is 0 Å². The third kappa shape index (κ3) is 4.55. The van der Waals surface area contributed by atoms with Crippen LogP contribution in [0.1, 0.15) is 43.2 Å². The summed E-state index contributed by atoms with van der Waals surface area (Å²) in [5.41, 5.74) is 0.0391. The fraction of sp³-hybridized carbons (Fsp3) is 0.522. The zero-order valence-electron chi connectivity index (χ0n) is 17.8. The Hall–Kier alpha value is -3.06. The van der Waals surface area contributed by atoms with Crippen molar-refractivity contribution in [2.24, 2.45) is 17.8 Å². The summed E-state index contributed by atoms with van der Waals surface area (Å²) in [7, 11) is 0. The molecule has 33 heavy (non-hydrogen) atoms. The van der Waals surface area contributed by atoms with Gasteiger partial charge in [0.2, 0.25) is 5.95 Å². The van der Waals surface area contributed by atoms with Crippen molar-refractivity contribution in [1.82, 2.24) is 9.97 Å². The second kappa shape index (κ2) is 8.06. The van der Waals surface area contributed by atoms with E-state index in [-0.39, 0.29) is 24.3 Å². The summed E-state index contributed by atoms with van der Waals surface area (Å²) in [5, 5.41) is 26.7. The molecule has 4 aliphatic carbocycles. The van der Waals surface area contributed by atoms with Crippen LogP contribution in [0.2, 0.25) is 0 Å². The van der Waals surface area contributed by atoms with E-state index < -0.39 is 12.0 Å². The monoisotopic (exact) mass is 459 g/mol. The predicted octanol–water partition coefficient (Wildman–Crippen LogP) is 4.21. The molecule has 0 aliphatic heterocycles. The topological polar surface area (TPSA) is 103 Å². The number of hydrogen-bond acceptors (Lipinski definition) is 7. The van der Waals surface area contributed by atoms with E-state index in [2.05, 4.69) is 31.4 Å². The van der Waals surface area contributed by atoms with Crippen molar-refractivity contribution in [1.29, 1.82) is 5.26 Å². The highest BCUT2D eigenvalue weighted by Crippen LogP contribution is 2.56. The lowest BCUT2D eigenvalue weighted by Gasteiger charge is -2.58. The van der Waals surface area contributed by atoms with Crippen LogP contribution >= 0.6 is 0 Å². The third-order valence-electron chi connectivity index (χ3n) is 7.09. The number of anilines is 2. The van der Waals surface area contributed by atoms with Gasteiger partial charge in [-0.25, -0.2) is 4.98 Å². The van der Waals surface area contributed by atoms with Crippen LogP contribution in [0.3, 0.4) is 0 Å². The summed E-state index contributed by atoms with van der Waals surface area (Å²) in [6.45, 7) is 0.0149. The highest BCUT2D eigenvalue weighted by Gasteiger charge is 2.54. The lowest BCUT2D eigenvalue weighted by atomic mass is 9.52. The van der Waals surface area contributed by atoms with E-state index in [1.807, 2.05) is 0 Å². The van der Waals surface area contributed by atoms with Gasteiger partial charge in [0.1, 0.15) is 23.2 Å². The van der Waals surface area contributed by atoms with Crippen molar-refractivity contribution in [3.05, 3.63) is 41.6 Å². The number of aromatic nitrogens is 2. The van der Waals surface area contributed by atoms with Crippen molar-refractivity contribution >= 4 is 11.8 Å². The van der Waals surface area contributed by atoms with Gasteiger partial charge >= 0.3 is 6.36 Å². The summed E-state index contributed by atoms with van der Waals surface area (Å²) in [6, 6.07) is 8.08. The Labute approximate surface area is 189 Å². The van der Waals surface area contributed by atoms with E-state index in [1.165, 1.54) is 24.4 Å². The molecule has 0 amide bonds. The minimum atomic E-state index is -4.79. The largest absolute Gasteiger partial charge is 0.573 e. The molecular weight excluding hydrogens is 435 g/mol. The van der Waals surface area contributed by atoms with E-state index in [0.29, 0.717) is 34.7 Å². The molecule has 0 radical (unpaired) electrons. The van der Waals surface area contributed by atoms with Crippen molar-refractivity contribution in [2.75, 3.05) is 10.6 Å². The molecule has 2 aromatic rings. The number of para-hydroxylation sites is 1. The summed E-state index contributed by atoms with van der Waals surface area (Å²) in [5.74, 6) is 1.51. The molecular formula is C23H24F3N5O2. The molecule has 6 rings (SSSR count). The minimum Gasteiger partial charge on any atom is -0.405 e. The number of rotatable bonds is 6. The molecule has 4 aliphatic rings. The van der Waals surface area contributed by atoms with Crippen LogP contribution in [0.4, 0.5) is 24.9 Å². The molecule has 4 fully saturated rings. The normalized spacial score (nSPS) is 30.0. The van der Waals surface area contributed by atoms with Crippen molar-refractivity contribution in [3.8, 4) is 11.8 Å². The van der Waals surface area contributed by atoms with E-state index in [0.717, 1.165) is 32.1 Å². The number of nitrogens with one attached hydrogen (secondary N) is 2. The number of hydrogen-bond donors (Lipinski definition) is 3. The smallest absolute Gasteiger partial charge is 0.405 e. The first-order valence-electron chi connectivity index (χ1n) is 11.0. The number of benzene rings is 1. The molecule has 4 saturated carbocycles. The van der Waals surface area contributed by atoms with Crippen molar-refractivity contribution in [2.45, 2.75) is 56.7 Å². The Bertz CT molecular complexity index is 1070. The zero-order valence-corrected chi connectivity index (χ0v) is 17.8. The minimum absolute atomic E-state index is 0.0149. The first kappa shape index (κ1) is 21.8. The van der Waals surface area contributed by atoms with E-state index in [1.54, 1.807) is 6.07 Å². The third-order valence-corrected chi connectivity index (χ3v) is 7.09. The highest BCUT2D eigenvalue weighted by atomic mass is 19.4. The second-order valence-corrected chi connectivity index (χ2v) is 9.44. The number of alkyl halides is 3. The molecule has 1 aromatic heterocycles. The molecule has 1 heterocycles. The van der Waals surface area contributed by atoms with Gasteiger partial charge in [-0.1, -0.05) is 18.2 Å². The average molecular weight is 459 g/mol. The zero-order chi connectivity index (χ0) is 23.2. The Morgan fingerprint density at radius 2 is 1.91 bits per heavy atom. The number of nitriles is 1. The molecule has 4 bridgehead atoms. The van der Waals surface area contributed by atoms with Gasteiger partial charge in [0.15, 0.2) is 0 Å². The number of ether oxygens (including phenoxy) is 1. The first-order valence-corrected chi connectivity index (χ1v) is 11.0. The maximum atomic E-state index is 12.7. The maximum Gasteiger partial charge on any atom is 0.573 e. The molecule has 7 nitrogen and oxygen atoms in total. The summed E-state index contributed by atoms with van der Waals surface area (Å²) in [4.78, 5) is 8.59. The molecule has 3 N–H and O–H groups in total. The van der Waals surface area contributed by atoms with Crippen LogP contribution in [0.15, 0.2) is 30.5 Å². The van der Waals surface area contributed by atoms with Gasteiger partial charge in [0.05, 0.1) is 11.8 Å². The van der Waals surface area contributed by atoms with Crippen molar-refractivity contribution in [3.63, 3.8) is 0 Å². The van der Waals surface area contributed by atoms with Crippen LogP contribution < -0.4 is 15.4 Å². The molecule has 1 unspecified atom stereocenters. The predicted molar refractivity (Wildman–Crippen MR) is 113 cm³/mol. The summed E-state index contributed by atoms with van der Waals surface area (Å²) >= 11 is 0. The van der Waals surface area contributed by atoms with Crippen molar-refractivity contribution < 1.29 is 23.0 Å². The molecule has 5 atom stereocenters. The van der Waals surface area contributed by atoms with Gasteiger partial charge in [-0.15, -0.1) is 13.2 Å². The lowest BCUT2D eigenvalue weighted by molar-refractivity contribution is -0.274. The number of halogens is 3. The molecule has 1 aromatic carbocycles. The molecule has 174 valence electrons. The van der Waals surface area contributed by atoms with Gasteiger partial charge in [0, 0.05) is 18.2 Å². The Balaban J connectivity index is 1.32. The first-order chi connectivity index (χ1) is 15.7. The van der Waals surface area contributed by atoms with Crippen LogP contribution in [-0.4, -0.2) is 33.1 Å². The van der Waals surface area contributed by atoms with Gasteiger partial charge in [-0.05, 0) is 55.9 Å². The maximum absolute atomic E-state index is 12.7. The quantitative estimate of drug-likeness (QED) is 0.595. The molecule has 0 spiro atoms. The van der Waals surface area contributed by atoms with Crippen LogP contribution in [0.5, 0.6) is 5.75 Å². The molecule has 0 saturated heterocycles. The van der Waals surface area contributed by atoms with E-state index in [4.69, 9.17) is 0 Å². The average Bonchev–Trinajstić information content (AvgIpc) is 2.73. The second-order valence-electron chi connectivity index (χ2n) is 9.44. The Morgan fingerprint density at radius 1 is 1.18 bits per heavy atom. The lowest BCUT2D eigenvalue weighted by Crippen LogP contribution is -2.59. The fourth-order valence-electron chi connectivity index (χ4n) is 6.08. The van der Waals surface area contributed by atoms with Gasteiger partial charge in [-0.3, -0.25) is 0 Å². The number of nitrogens with zero attached hydrogens (tertiary/aromatic N) is 3. The van der Waals surface area contributed by atoms with Crippen LogP contribution in [-0.2, 0) is 6.54 Å². The van der Waals surface area contributed by atoms with E-state index in [9.17, 15) is 23.5 Å². The van der Waals surface area contributed by atoms with Crippen LogP contribution in [0, 0.1) is 29.1 Å². The Kier molecular flexibility index (Phi) is 5.32. The fourth-order valence-corrected chi connectivity index (χ4v) is 6.08. The standard InChI is InChI=1S/C23H24F3N5O2/c24-23(25,26)33-18-4-2-1-3-14(18)11-28-21-29-12-17(10-27)20(31-21)30-19-15-5-13-6-16(19)9-22(32,7-13)8-15/h1-4,12-13,15-16,19,32H,5-9,11H2,(H2,28,29,30,31)/t13?,15-,16+,19-,22-. The summed E-state index contributed by atoms with van der Waals surface area (Å²) < 4.78 is 42.1. The van der Waals surface area contributed by atoms with Crippen LogP contribution in [0.25, 0.3) is 0 Å². The Morgan fingerprint density at radius 3 is 2.58 bits per heavy atom. The SMILES string of the molecule is N#Cc1cnc(NCc2ccccc2OC(F)(F)F)nc1N[C@@H]1[C@@H]2CC3C[C@H]1C[C@@](O)(C3)C2. The highest BCUT2D eigenvalue weighted by molar-refractivity contribution is 5.54. The molecule has 10 heteroatoms.